The van der Waals surface area contributed by atoms with Gasteiger partial charge in [0.05, 0.1) is 18.7 Å². The van der Waals surface area contributed by atoms with E-state index in [0.717, 1.165) is 11.3 Å². The predicted molar refractivity (Wildman–Crippen MR) is 68.0 cm³/mol. The first kappa shape index (κ1) is 15.3. The number of Topliss-reactive ketones (excluding diaryl/α,β-unsaturated/α-hetero) is 1. The molecule has 0 fully saturated rings. The lowest BCUT2D eigenvalue weighted by atomic mass is 10.3. The van der Waals surface area contributed by atoms with Gasteiger partial charge >= 0.3 is 5.97 Å². The van der Waals surface area contributed by atoms with Crippen LogP contribution in [0.2, 0.25) is 0 Å². The van der Waals surface area contributed by atoms with Crippen molar-refractivity contribution in [2.24, 2.45) is 0 Å². The topological polar surface area (TPSA) is 94.6 Å². The number of carbonyl (C=O) groups excluding carboxylic acids is 3. The number of hydrogen-bond donors (Lipinski definition) is 1. The van der Waals surface area contributed by atoms with Crippen molar-refractivity contribution >= 4 is 34.1 Å². The molecule has 0 radical (unpaired) electrons. The van der Waals surface area contributed by atoms with E-state index >= 15 is 0 Å². The summed E-state index contributed by atoms with van der Waals surface area (Å²) >= 11 is 1.13. The predicted octanol–water partition coefficient (Wildman–Crippen LogP) is 0.403. The van der Waals surface area contributed by atoms with Crippen LogP contribution in [0, 0.1) is 0 Å². The van der Waals surface area contributed by atoms with E-state index in [-0.39, 0.29) is 24.1 Å². The van der Waals surface area contributed by atoms with Crippen molar-refractivity contribution in [2.45, 2.75) is 13.3 Å². The minimum atomic E-state index is -0.793. The van der Waals surface area contributed by atoms with Gasteiger partial charge in [0, 0.05) is 12.5 Å². The van der Waals surface area contributed by atoms with E-state index in [2.05, 4.69) is 15.0 Å². The fourth-order valence-corrected chi connectivity index (χ4v) is 1.87. The maximum absolute atomic E-state index is 11.4. The average Bonchev–Trinajstić information content (AvgIpc) is 2.77. The van der Waals surface area contributed by atoms with Gasteiger partial charge in [0.25, 0.3) is 5.91 Å². The largest absolute Gasteiger partial charge is 0.466 e. The van der Waals surface area contributed by atoms with Crippen molar-refractivity contribution in [3.63, 3.8) is 0 Å². The number of anilines is 1. The summed E-state index contributed by atoms with van der Waals surface area (Å²) in [5, 5.41) is 4.22. The summed E-state index contributed by atoms with van der Waals surface area (Å²) in [7, 11) is 1.33. The number of ketones is 1. The minimum Gasteiger partial charge on any atom is -0.466 e. The molecule has 104 valence electrons. The zero-order valence-electron chi connectivity index (χ0n) is 10.6. The van der Waals surface area contributed by atoms with Gasteiger partial charge in [-0.3, -0.25) is 19.7 Å². The highest BCUT2D eigenvalue weighted by molar-refractivity contribution is 7.14. The molecule has 19 heavy (non-hydrogen) atoms. The minimum absolute atomic E-state index is 0.0340. The van der Waals surface area contributed by atoms with Crippen LogP contribution in [0.25, 0.3) is 0 Å². The third kappa shape index (κ3) is 5.14. The van der Waals surface area contributed by atoms with E-state index < -0.39 is 11.7 Å². The van der Waals surface area contributed by atoms with Gasteiger partial charge in [-0.15, -0.1) is 11.3 Å². The van der Waals surface area contributed by atoms with Gasteiger partial charge < -0.3 is 9.47 Å². The van der Waals surface area contributed by atoms with Crippen molar-refractivity contribution in [3.8, 4) is 0 Å². The van der Waals surface area contributed by atoms with Crippen molar-refractivity contribution < 1.29 is 23.9 Å². The molecule has 0 atom stereocenters. The van der Waals surface area contributed by atoms with E-state index in [1.165, 1.54) is 7.11 Å². The zero-order valence-corrected chi connectivity index (χ0v) is 11.4. The second-order valence-electron chi connectivity index (χ2n) is 3.44. The Labute approximate surface area is 113 Å². The summed E-state index contributed by atoms with van der Waals surface area (Å²) in [5.41, 5.74) is 0.484. The Morgan fingerprint density at radius 1 is 1.42 bits per heavy atom. The maximum atomic E-state index is 11.4. The molecule has 1 amide bonds. The van der Waals surface area contributed by atoms with Crippen LogP contribution in [0.15, 0.2) is 5.38 Å². The molecule has 0 aliphatic heterocycles. The summed E-state index contributed by atoms with van der Waals surface area (Å²) < 4.78 is 9.33. The van der Waals surface area contributed by atoms with Gasteiger partial charge in [-0.05, 0) is 6.92 Å². The van der Waals surface area contributed by atoms with Crippen LogP contribution in [0.3, 0.4) is 0 Å². The molecule has 0 aromatic carbocycles. The first-order valence-electron chi connectivity index (χ1n) is 5.50. The smallest absolute Gasteiger partial charge is 0.311 e. The molecule has 1 aromatic heterocycles. The summed E-state index contributed by atoms with van der Waals surface area (Å²) in [6.07, 6.45) is 0.0340. The highest BCUT2D eigenvalue weighted by atomic mass is 32.1. The van der Waals surface area contributed by atoms with Crippen LogP contribution >= 0.6 is 11.3 Å². The van der Waals surface area contributed by atoms with Crippen LogP contribution < -0.4 is 5.32 Å². The van der Waals surface area contributed by atoms with Gasteiger partial charge in [-0.25, -0.2) is 4.98 Å². The van der Waals surface area contributed by atoms with Gasteiger partial charge in [0.15, 0.2) is 5.13 Å². The number of carbonyl (C=O) groups is 3. The summed E-state index contributed by atoms with van der Waals surface area (Å²) in [6.45, 7) is 1.73. The third-order valence-electron chi connectivity index (χ3n) is 1.93. The van der Waals surface area contributed by atoms with Crippen molar-refractivity contribution in [3.05, 3.63) is 11.1 Å². The average molecular weight is 286 g/mol. The second kappa shape index (κ2) is 7.59. The fourth-order valence-electron chi connectivity index (χ4n) is 1.17. The van der Waals surface area contributed by atoms with Crippen LogP contribution in [0.4, 0.5) is 5.13 Å². The second-order valence-corrected chi connectivity index (χ2v) is 4.29. The zero-order chi connectivity index (χ0) is 14.3. The lowest BCUT2D eigenvalue weighted by Gasteiger charge is -2.00. The number of methoxy groups -OCH3 is 1. The Bertz CT molecular complexity index is 471. The van der Waals surface area contributed by atoms with Crippen LogP contribution in [-0.4, -0.2) is 43.0 Å². The van der Waals surface area contributed by atoms with Crippen molar-refractivity contribution in [1.82, 2.24) is 4.98 Å². The van der Waals surface area contributed by atoms with Crippen molar-refractivity contribution in [1.29, 1.82) is 0 Å². The third-order valence-corrected chi connectivity index (χ3v) is 2.74. The molecule has 7 nitrogen and oxygen atoms in total. The number of hydrogen-bond acceptors (Lipinski definition) is 7. The lowest BCUT2D eigenvalue weighted by molar-refractivity contribution is -0.142. The normalized spacial score (nSPS) is 10.0. The Hall–Kier alpha value is -1.80. The Morgan fingerprint density at radius 2 is 2.16 bits per heavy atom. The molecule has 0 saturated heterocycles. The molecule has 8 heteroatoms. The highest BCUT2D eigenvalue weighted by Gasteiger charge is 2.15. The van der Waals surface area contributed by atoms with E-state index in [1.54, 1.807) is 12.3 Å². The number of nitrogens with zero attached hydrogens (tertiary/aromatic N) is 1. The van der Waals surface area contributed by atoms with Crippen molar-refractivity contribution in [2.75, 3.05) is 25.6 Å². The number of ether oxygens (including phenoxy) is 2. The molecule has 0 bridgehead atoms. The first-order valence-corrected chi connectivity index (χ1v) is 6.38. The molecular formula is C11H14N2O5S. The van der Waals surface area contributed by atoms with Crippen LogP contribution in [-0.2, 0) is 30.3 Å². The number of nitrogens with one attached hydrogen (secondary N) is 1. The molecule has 0 saturated carbocycles. The summed E-state index contributed by atoms with van der Waals surface area (Å²) in [4.78, 5) is 37.8. The maximum Gasteiger partial charge on any atom is 0.311 e. The van der Waals surface area contributed by atoms with E-state index in [1.807, 2.05) is 0 Å². The Morgan fingerprint density at radius 3 is 2.79 bits per heavy atom. The molecular weight excluding hydrogens is 272 g/mol. The molecule has 0 aliphatic rings. The number of thiazole rings is 1. The van der Waals surface area contributed by atoms with Gasteiger partial charge in [-0.1, -0.05) is 0 Å². The molecule has 0 aliphatic carbocycles. The number of aromatic nitrogens is 1. The quantitative estimate of drug-likeness (QED) is 0.576. The SMILES string of the molecule is CCOC(=O)Cc1csc(NC(=O)C(=O)COC)n1. The van der Waals surface area contributed by atoms with Gasteiger partial charge in [-0.2, -0.15) is 0 Å². The molecule has 1 aromatic rings. The fraction of sp³-hybridized carbons (Fsp3) is 0.455. The molecule has 1 heterocycles. The number of amides is 1. The number of esters is 1. The van der Waals surface area contributed by atoms with Gasteiger partial charge in [0.2, 0.25) is 5.78 Å². The standard InChI is InChI=1S/C11H14N2O5S/c1-3-18-9(15)4-7-6-19-11(12-7)13-10(16)8(14)5-17-2/h6H,3-5H2,1-2H3,(H,12,13,16). The molecule has 0 spiro atoms. The van der Waals surface area contributed by atoms with E-state index in [0.29, 0.717) is 12.3 Å². The Kier molecular flexibility index (Phi) is 6.10. The summed E-state index contributed by atoms with van der Waals surface area (Å²) in [5.74, 6) is -1.87. The molecule has 0 unspecified atom stereocenters. The Balaban J connectivity index is 2.53. The number of rotatable bonds is 7. The van der Waals surface area contributed by atoms with Crippen LogP contribution in [0.5, 0.6) is 0 Å². The summed E-state index contributed by atoms with van der Waals surface area (Å²) in [6, 6.07) is 0. The monoisotopic (exact) mass is 286 g/mol. The highest BCUT2D eigenvalue weighted by Crippen LogP contribution is 2.16. The molecule has 1 rings (SSSR count). The van der Waals surface area contributed by atoms with Crippen LogP contribution in [0.1, 0.15) is 12.6 Å². The lowest BCUT2D eigenvalue weighted by Crippen LogP contribution is -2.26. The molecule has 1 N–H and O–H groups in total. The van der Waals surface area contributed by atoms with E-state index in [4.69, 9.17) is 4.74 Å². The van der Waals surface area contributed by atoms with E-state index in [9.17, 15) is 14.4 Å². The van der Waals surface area contributed by atoms with Gasteiger partial charge in [0.1, 0.15) is 6.61 Å². The first-order chi connectivity index (χ1) is 9.06.